The Hall–Kier alpha value is -1.74. The van der Waals surface area contributed by atoms with Crippen molar-refractivity contribution in [1.29, 1.82) is 5.26 Å². The smallest absolute Gasteiger partial charge is 0.174 e. The first-order chi connectivity index (χ1) is 7.38. The molecule has 0 saturated heterocycles. The predicted molar refractivity (Wildman–Crippen MR) is 58.9 cm³/mol. The Morgan fingerprint density at radius 3 is 3.00 bits per heavy atom. The summed E-state index contributed by atoms with van der Waals surface area (Å²) in [6, 6.07) is 1.99. The molecule has 78 valence electrons. The number of aromatic amines is 1. The molecule has 0 atom stereocenters. The molecule has 0 bridgehead atoms. The number of nitrogens with zero attached hydrogens (tertiary/aromatic N) is 2. The second kappa shape index (κ2) is 6.68. The van der Waals surface area contributed by atoms with Crippen LogP contribution >= 0.6 is 0 Å². The number of unbranched alkanes of at least 4 members (excludes halogenated alkanes) is 4. The summed E-state index contributed by atoms with van der Waals surface area (Å²) < 4.78 is 0. The number of aromatic nitrogens is 2. The molecule has 0 aromatic carbocycles. The van der Waals surface area contributed by atoms with Crippen LogP contribution in [0.2, 0.25) is 0 Å². The Kier molecular flexibility index (Phi) is 5.04. The Balaban J connectivity index is 2.35. The highest BCUT2D eigenvalue weighted by Crippen LogP contribution is 2.02. The van der Waals surface area contributed by atoms with Crippen LogP contribution in [-0.4, -0.2) is 9.97 Å². The highest BCUT2D eigenvalue weighted by atomic mass is 14.9. The van der Waals surface area contributed by atoms with Gasteiger partial charge < -0.3 is 4.98 Å². The maximum Gasteiger partial charge on any atom is 0.174 e. The molecule has 3 nitrogen and oxygen atoms in total. The molecule has 1 N–H and O–H groups in total. The molecular formula is C12H15N3. The van der Waals surface area contributed by atoms with E-state index in [1.54, 1.807) is 0 Å². The van der Waals surface area contributed by atoms with E-state index < -0.39 is 0 Å². The lowest BCUT2D eigenvalue weighted by molar-refractivity contribution is 0.679. The van der Waals surface area contributed by atoms with E-state index in [0.29, 0.717) is 11.4 Å². The second-order valence-electron chi connectivity index (χ2n) is 3.35. The summed E-state index contributed by atoms with van der Waals surface area (Å²) in [5.41, 5.74) is 1.02. The van der Waals surface area contributed by atoms with Crippen LogP contribution in [0.15, 0.2) is 6.33 Å². The van der Waals surface area contributed by atoms with Crippen molar-refractivity contribution in [1.82, 2.24) is 9.97 Å². The number of H-pyrrole nitrogens is 1. The van der Waals surface area contributed by atoms with Crippen molar-refractivity contribution >= 4 is 0 Å². The zero-order valence-corrected chi connectivity index (χ0v) is 9.01. The number of hydrogen-bond donors (Lipinski definition) is 1. The molecule has 0 aliphatic heterocycles. The van der Waals surface area contributed by atoms with Gasteiger partial charge in [0, 0.05) is 6.42 Å². The zero-order valence-electron chi connectivity index (χ0n) is 9.01. The number of imidazole rings is 1. The lowest BCUT2D eigenvalue weighted by Gasteiger charge is -1.91. The van der Waals surface area contributed by atoms with E-state index in [1.807, 2.05) is 6.07 Å². The Labute approximate surface area is 90.5 Å². The molecule has 1 rings (SSSR count). The fraction of sp³-hybridized carbons (Fsp3) is 0.500. The Morgan fingerprint density at radius 2 is 2.27 bits per heavy atom. The van der Waals surface area contributed by atoms with Gasteiger partial charge in [-0.2, -0.15) is 5.26 Å². The van der Waals surface area contributed by atoms with Crippen molar-refractivity contribution < 1.29 is 0 Å². The van der Waals surface area contributed by atoms with Gasteiger partial charge in [-0.1, -0.05) is 32.1 Å². The molecule has 0 unspecified atom stereocenters. The quantitative estimate of drug-likeness (QED) is 0.601. The third-order valence-electron chi connectivity index (χ3n) is 2.11. The van der Waals surface area contributed by atoms with E-state index in [-0.39, 0.29) is 0 Å². The summed E-state index contributed by atoms with van der Waals surface area (Å²) in [7, 11) is 0. The first-order valence-electron chi connectivity index (χ1n) is 5.30. The zero-order chi connectivity index (χ0) is 10.9. The van der Waals surface area contributed by atoms with Gasteiger partial charge in [0.2, 0.25) is 0 Å². The lowest BCUT2D eigenvalue weighted by atomic mass is 10.1. The molecule has 0 spiro atoms. The topological polar surface area (TPSA) is 52.5 Å². The second-order valence-corrected chi connectivity index (χ2v) is 3.35. The van der Waals surface area contributed by atoms with Crippen molar-refractivity contribution in [2.45, 2.75) is 39.0 Å². The maximum absolute atomic E-state index is 8.68. The molecule has 0 aliphatic rings. The molecular weight excluding hydrogens is 186 g/mol. The van der Waals surface area contributed by atoms with Crippen LogP contribution in [-0.2, 0) is 0 Å². The van der Waals surface area contributed by atoms with Crippen LogP contribution in [0.25, 0.3) is 0 Å². The van der Waals surface area contributed by atoms with Crippen molar-refractivity contribution in [2.24, 2.45) is 0 Å². The third-order valence-corrected chi connectivity index (χ3v) is 2.11. The van der Waals surface area contributed by atoms with Crippen molar-refractivity contribution in [3.05, 3.63) is 17.7 Å². The molecule has 3 heteroatoms. The summed E-state index contributed by atoms with van der Waals surface area (Å²) in [6.07, 6.45) is 7.28. The minimum absolute atomic E-state index is 0.385. The molecule has 0 fully saturated rings. The van der Waals surface area contributed by atoms with E-state index >= 15 is 0 Å². The summed E-state index contributed by atoms with van der Waals surface area (Å²) in [5, 5.41) is 8.68. The molecule has 1 aromatic heterocycles. The van der Waals surface area contributed by atoms with Gasteiger partial charge in [0.15, 0.2) is 5.69 Å². The normalized spacial score (nSPS) is 9.07. The van der Waals surface area contributed by atoms with Crippen LogP contribution in [0.3, 0.4) is 0 Å². The number of nitriles is 1. The van der Waals surface area contributed by atoms with Gasteiger partial charge >= 0.3 is 0 Å². The summed E-state index contributed by atoms with van der Waals surface area (Å²) in [5.74, 6) is 5.98. The van der Waals surface area contributed by atoms with E-state index in [2.05, 4.69) is 28.7 Å². The standard InChI is InChI=1S/C12H15N3/c1-2-3-4-5-6-7-8-11-12(9-13)15-10-14-11/h10H,2-6H2,1H3,(H,14,15). The maximum atomic E-state index is 8.68. The molecule has 0 saturated carbocycles. The first-order valence-corrected chi connectivity index (χ1v) is 5.30. The minimum Gasteiger partial charge on any atom is -0.337 e. The predicted octanol–water partition coefficient (Wildman–Crippen LogP) is 2.60. The molecule has 0 aliphatic carbocycles. The Morgan fingerprint density at radius 1 is 1.40 bits per heavy atom. The highest BCUT2D eigenvalue weighted by Gasteiger charge is 1.98. The highest BCUT2D eigenvalue weighted by molar-refractivity contribution is 5.38. The van der Waals surface area contributed by atoms with Gasteiger partial charge in [-0.15, -0.1) is 0 Å². The molecule has 1 heterocycles. The van der Waals surface area contributed by atoms with E-state index in [0.717, 1.165) is 12.8 Å². The van der Waals surface area contributed by atoms with E-state index in [1.165, 1.54) is 25.6 Å². The molecule has 1 aromatic rings. The third kappa shape index (κ3) is 3.87. The van der Waals surface area contributed by atoms with Gasteiger partial charge in [-0.25, -0.2) is 4.98 Å². The van der Waals surface area contributed by atoms with Crippen LogP contribution in [0.4, 0.5) is 0 Å². The largest absolute Gasteiger partial charge is 0.337 e. The molecule has 15 heavy (non-hydrogen) atoms. The van der Waals surface area contributed by atoms with Gasteiger partial charge in [0.05, 0.1) is 6.33 Å². The van der Waals surface area contributed by atoms with Crippen LogP contribution in [0.5, 0.6) is 0 Å². The average Bonchev–Trinajstić information content (AvgIpc) is 2.70. The van der Waals surface area contributed by atoms with Crippen LogP contribution in [0.1, 0.15) is 50.4 Å². The van der Waals surface area contributed by atoms with Gasteiger partial charge in [-0.05, 0) is 12.3 Å². The van der Waals surface area contributed by atoms with E-state index in [4.69, 9.17) is 5.26 Å². The Bertz CT molecular complexity index is 387. The van der Waals surface area contributed by atoms with Crippen LogP contribution in [0, 0.1) is 23.2 Å². The average molecular weight is 201 g/mol. The SMILES string of the molecule is CCCCCCC#Cc1[nH]cnc1C#N. The van der Waals surface area contributed by atoms with Crippen molar-refractivity contribution in [2.75, 3.05) is 0 Å². The van der Waals surface area contributed by atoms with Crippen molar-refractivity contribution in [3.63, 3.8) is 0 Å². The van der Waals surface area contributed by atoms with Crippen molar-refractivity contribution in [3.8, 4) is 17.9 Å². The molecule has 0 amide bonds. The van der Waals surface area contributed by atoms with Gasteiger partial charge in [0.1, 0.15) is 11.8 Å². The number of hydrogen-bond acceptors (Lipinski definition) is 2. The fourth-order valence-corrected chi connectivity index (χ4v) is 1.27. The monoisotopic (exact) mass is 201 g/mol. The number of rotatable bonds is 4. The van der Waals surface area contributed by atoms with E-state index in [9.17, 15) is 0 Å². The first kappa shape index (κ1) is 11.3. The summed E-state index contributed by atoms with van der Waals surface area (Å²) in [6.45, 7) is 2.19. The van der Waals surface area contributed by atoms with Gasteiger partial charge in [0.25, 0.3) is 0 Å². The number of nitrogens with one attached hydrogen (secondary N) is 1. The van der Waals surface area contributed by atoms with Gasteiger partial charge in [-0.3, -0.25) is 0 Å². The lowest BCUT2D eigenvalue weighted by Crippen LogP contribution is -1.80. The summed E-state index contributed by atoms with van der Waals surface area (Å²) in [4.78, 5) is 6.70. The van der Waals surface area contributed by atoms with Crippen LogP contribution < -0.4 is 0 Å². The fourth-order valence-electron chi connectivity index (χ4n) is 1.27. The summed E-state index contributed by atoms with van der Waals surface area (Å²) >= 11 is 0. The minimum atomic E-state index is 0.385. The molecule has 0 radical (unpaired) electrons.